The Balaban J connectivity index is 1.62. The standard InChI is InChI=1S/C20H13Cl2N3O2S/c1-25-19(26)18(28-20(25)24-16-8-9-23-11-15(16)22)10-12-6-7-17(27-12)13-4-2-3-5-14(13)21/h2-11H,1H3/b18-10+,24-20?. The second-order valence-corrected chi connectivity index (χ2v) is 7.70. The largest absolute Gasteiger partial charge is 0.457 e. The van der Waals surface area contributed by atoms with Crippen LogP contribution in [0.1, 0.15) is 5.76 Å². The van der Waals surface area contributed by atoms with Gasteiger partial charge < -0.3 is 4.42 Å². The van der Waals surface area contributed by atoms with E-state index >= 15 is 0 Å². The average molecular weight is 430 g/mol. The number of aliphatic imine (C=N–C) groups is 1. The van der Waals surface area contributed by atoms with Crippen molar-refractivity contribution in [2.45, 2.75) is 0 Å². The van der Waals surface area contributed by atoms with Crippen LogP contribution in [0.3, 0.4) is 0 Å². The third-order valence-electron chi connectivity index (χ3n) is 4.01. The number of hydrogen-bond acceptors (Lipinski definition) is 5. The molecule has 5 nitrogen and oxygen atoms in total. The first-order chi connectivity index (χ1) is 13.5. The van der Waals surface area contributed by atoms with Gasteiger partial charge in [-0.15, -0.1) is 0 Å². The fourth-order valence-corrected chi connectivity index (χ4v) is 3.93. The molecule has 1 aromatic carbocycles. The summed E-state index contributed by atoms with van der Waals surface area (Å²) in [4.78, 5) is 23.0. The summed E-state index contributed by atoms with van der Waals surface area (Å²) in [5, 5.41) is 1.55. The third-order valence-corrected chi connectivity index (χ3v) is 5.69. The van der Waals surface area contributed by atoms with Crippen molar-refractivity contribution < 1.29 is 9.21 Å². The Labute approximate surface area is 175 Å². The molecule has 0 N–H and O–H groups in total. The van der Waals surface area contributed by atoms with E-state index in [4.69, 9.17) is 27.6 Å². The second-order valence-electron chi connectivity index (χ2n) is 5.88. The molecule has 0 saturated carbocycles. The monoisotopic (exact) mass is 429 g/mol. The van der Waals surface area contributed by atoms with Crippen LogP contribution in [0.5, 0.6) is 0 Å². The average Bonchev–Trinajstić information content (AvgIpc) is 3.25. The van der Waals surface area contributed by atoms with Gasteiger partial charge >= 0.3 is 0 Å². The SMILES string of the molecule is CN1C(=O)/C(=C\c2ccc(-c3ccccc3Cl)o2)SC1=Nc1ccncc1Cl. The number of carbonyl (C=O) groups excluding carboxylic acids is 1. The minimum Gasteiger partial charge on any atom is -0.457 e. The zero-order valence-electron chi connectivity index (χ0n) is 14.6. The number of thioether (sulfide) groups is 1. The number of aromatic nitrogens is 1. The molecule has 4 rings (SSSR count). The van der Waals surface area contributed by atoms with E-state index in [-0.39, 0.29) is 5.91 Å². The van der Waals surface area contributed by atoms with E-state index in [9.17, 15) is 4.79 Å². The van der Waals surface area contributed by atoms with E-state index < -0.39 is 0 Å². The van der Waals surface area contributed by atoms with Crippen molar-refractivity contribution in [3.05, 3.63) is 75.6 Å². The molecule has 0 radical (unpaired) electrons. The van der Waals surface area contributed by atoms with Gasteiger partial charge in [-0.25, -0.2) is 4.99 Å². The number of benzene rings is 1. The molecule has 28 heavy (non-hydrogen) atoms. The number of carbonyl (C=O) groups is 1. The van der Waals surface area contributed by atoms with Crippen LogP contribution in [0, 0.1) is 0 Å². The molecule has 0 bridgehead atoms. The molecule has 140 valence electrons. The zero-order chi connectivity index (χ0) is 19.7. The number of furan rings is 1. The number of amidine groups is 1. The van der Waals surface area contributed by atoms with Crippen LogP contribution in [0.15, 0.2) is 69.2 Å². The predicted molar refractivity (Wildman–Crippen MR) is 114 cm³/mol. The Morgan fingerprint density at radius 2 is 1.96 bits per heavy atom. The Morgan fingerprint density at radius 1 is 1.14 bits per heavy atom. The minimum absolute atomic E-state index is 0.162. The summed E-state index contributed by atoms with van der Waals surface area (Å²) in [6, 6.07) is 12.7. The van der Waals surface area contributed by atoms with E-state index in [1.54, 1.807) is 37.5 Å². The topological polar surface area (TPSA) is 58.7 Å². The van der Waals surface area contributed by atoms with Crippen LogP contribution in [0.25, 0.3) is 17.4 Å². The third kappa shape index (κ3) is 3.71. The van der Waals surface area contributed by atoms with Crippen molar-refractivity contribution in [1.82, 2.24) is 9.88 Å². The number of amides is 1. The molecule has 0 aliphatic carbocycles. The number of pyridine rings is 1. The second kappa shape index (κ2) is 7.83. The summed E-state index contributed by atoms with van der Waals surface area (Å²) in [7, 11) is 1.67. The van der Waals surface area contributed by atoms with E-state index in [1.165, 1.54) is 22.9 Å². The van der Waals surface area contributed by atoms with Gasteiger partial charge in [0.05, 0.1) is 20.6 Å². The Kier molecular flexibility index (Phi) is 5.26. The van der Waals surface area contributed by atoms with Gasteiger partial charge in [0, 0.05) is 31.1 Å². The molecule has 3 aromatic rings. The first-order valence-corrected chi connectivity index (χ1v) is 9.81. The van der Waals surface area contributed by atoms with Gasteiger partial charge in [-0.1, -0.05) is 35.3 Å². The van der Waals surface area contributed by atoms with Crippen LogP contribution in [0.4, 0.5) is 5.69 Å². The molecule has 0 atom stereocenters. The first-order valence-electron chi connectivity index (χ1n) is 8.23. The molecule has 3 heterocycles. The minimum atomic E-state index is -0.162. The molecule has 0 unspecified atom stereocenters. The number of halogens is 2. The van der Waals surface area contributed by atoms with Crippen LogP contribution in [-0.2, 0) is 4.79 Å². The summed E-state index contributed by atoms with van der Waals surface area (Å²) < 4.78 is 5.85. The highest BCUT2D eigenvalue weighted by Crippen LogP contribution is 2.36. The van der Waals surface area contributed by atoms with Gasteiger partial charge in [0.15, 0.2) is 5.17 Å². The number of rotatable bonds is 3. The van der Waals surface area contributed by atoms with Crippen molar-refractivity contribution in [3.63, 3.8) is 0 Å². The van der Waals surface area contributed by atoms with E-state index in [2.05, 4.69) is 9.98 Å². The first kappa shape index (κ1) is 18.8. The fourth-order valence-electron chi connectivity index (χ4n) is 2.58. The maximum absolute atomic E-state index is 12.6. The highest BCUT2D eigenvalue weighted by molar-refractivity contribution is 8.18. The van der Waals surface area contributed by atoms with E-state index in [0.717, 1.165) is 5.56 Å². The molecular weight excluding hydrogens is 417 g/mol. The Bertz CT molecular complexity index is 1120. The van der Waals surface area contributed by atoms with Crippen LogP contribution < -0.4 is 0 Å². The van der Waals surface area contributed by atoms with Crippen molar-refractivity contribution in [3.8, 4) is 11.3 Å². The summed E-state index contributed by atoms with van der Waals surface area (Å²) >= 11 is 13.6. The van der Waals surface area contributed by atoms with Crippen molar-refractivity contribution in [2.24, 2.45) is 4.99 Å². The van der Waals surface area contributed by atoms with Crippen molar-refractivity contribution >= 4 is 57.8 Å². The van der Waals surface area contributed by atoms with Crippen molar-refractivity contribution in [2.75, 3.05) is 7.05 Å². The summed E-state index contributed by atoms with van der Waals surface area (Å²) in [6.45, 7) is 0. The lowest BCUT2D eigenvalue weighted by atomic mass is 10.2. The van der Waals surface area contributed by atoms with Gasteiger partial charge in [0.25, 0.3) is 5.91 Å². The lowest BCUT2D eigenvalue weighted by molar-refractivity contribution is -0.121. The molecule has 1 fully saturated rings. The Morgan fingerprint density at radius 3 is 2.75 bits per heavy atom. The van der Waals surface area contributed by atoms with Crippen LogP contribution in [-0.4, -0.2) is 28.0 Å². The summed E-state index contributed by atoms with van der Waals surface area (Å²) in [5.41, 5.74) is 1.35. The van der Waals surface area contributed by atoms with E-state index in [0.29, 0.717) is 37.3 Å². The molecule has 2 aromatic heterocycles. The molecule has 1 amide bonds. The molecule has 0 spiro atoms. The number of likely N-dealkylation sites (N-methyl/N-ethyl adjacent to an activating group) is 1. The number of hydrogen-bond donors (Lipinski definition) is 0. The molecule has 8 heteroatoms. The van der Waals surface area contributed by atoms with Crippen LogP contribution in [0.2, 0.25) is 10.0 Å². The Hall–Kier alpha value is -2.54. The van der Waals surface area contributed by atoms with Gasteiger partial charge in [-0.2, -0.15) is 0 Å². The maximum atomic E-state index is 12.6. The van der Waals surface area contributed by atoms with Gasteiger partial charge in [0.1, 0.15) is 11.5 Å². The summed E-state index contributed by atoms with van der Waals surface area (Å²) in [6.07, 6.45) is 4.81. The quantitative estimate of drug-likeness (QED) is 0.487. The van der Waals surface area contributed by atoms with Gasteiger partial charge in [-0.3, -0.25) is 14.7 Å². The molecule has 1 aliphatic rings. The molecular formula is C20H13Cl2N3O2S. The lowest BCUT2D eigenvalue weighted by Crippen LogP contribution is -2.23. The van der Waals surface area contributed by atoms with Gasteiger partial charge in [0.2, 0.25) is 0 Å². The zero-order valence-corrected chi connectivity index (χ0v) is 16.9. The normalized spacial score (nSPS) is 17.1. The highest BCUT2D eigenvalue weighted by Gasteiger charge is 2.31. The smallest absolute Gasteiger partial charge is 0.266 e. The predicted octanol–water partition coefficient (Wildman–Crippen LogP) is 5.88. The number of nitrogens with zero attached hydrogens (tertiary/aromatic N) is 3. The van der Waals surface area contributed by atoms with Gasteiger partial charge in [-0.05, 0) is 42.1 Å². The molecule has 1 saturated heterocycles. The summed E-state index contributed by atoms with van der Waals surface area (Å²) in [5.74, 6) is 1.03. The highest BCUT2D eigenvalue weighted by atomic mass is 35.5. The van der Waals surface area contributed by atoms with E-state index in [1.807, 2.05) is 24.3 Å². The van der Waals surface area contributed by atoms with Crippen molar-refractivity contribution in [1.29, 1.82) is 0 Å². The molecule has 1 aliphatic heterocycles. The maximum Gasteiger partial charge on any atom is 0.266 e. The van der Waals surface area contributed by atoms with Crippen LogP contribution >= 0.6 is 35.0 Å². The lowest BCUT2D eigenvalue weighted by Gasteiger charge is -2.07. The fraction of sp³-hybridized carbons (Fsp3) is 0.0500.